The average molecular weight is 131 g/mol. The van der Waals surface area contributed by atoms with Gasteiger partial charge in [-0.3, -0.25) is 4.79 Å². The number of aliphatic hydroxyl groups is 1. The van der Waals surface area contributed by atoms with Gasteiger partial charge in [0, 0.05) is 6.42 Å². The lowest BCUT2D eigenvalue weighted by Gasteiger charge is -2.26. The summed E-state index contributed by atoms with van der Waals surface area (Å²) in [6.45, 7) is 0.644. The van der Waals surface area contributed by atoms with E-state index in [-0.39, 0.29) is 12.8 Å². The second-order valence-electron chi connectivity index (χ2n) is 2.53. The van der Waals surface area contributed by atoms with Gasteiger partial charge in [0.2, 0.25) is 0 Å². The maximum absolute atomic E-state index is 10.6. The van der Waals surface area contributed by atoms with E-state index < -0.39 is 18.2 Å². The Morgan fingerprint density at radius 1 is 2.00 bits per heavy atom. The third-order valence-corrected chi connectivity index (χ3v) is 1.26. The Hall–Kier alpha value is -0.570. The molecule has 1 heterocycles. The Morgan fingerprint density at radius 2 is 2.67 bits per heavy atom. The van der Waals surface area contributed by atoms with Crippen molar-refractivity contribution < 1.29 is 16.0 Å². The lowest BCUT2D eigenvalue weighted by atomic mass is 9.97. The first-order valence-corrected chi connectivity index (χ1v) is 2.84. The monoisotopic (exact) mass is 131 g/mol. The molecule has 0 radical (unpaired) electrons. The van der Waals surface area contributed by atoms with E-state index in [9.17, 15) is 9.90 Å². The van der Waals surface area contributed by atoms with Gasteiger partial charge in [-0.15, -0.1) is 0 Å². The van der Waals surface area contributed by atoms with Gasteiger partial charge in [0.25, 0.3) is 0 Å². The van der Waals surface area contributed by atoms with Crippen molar-refractivity contribution in [3.8, 4) is 0 Å². The van der Waals surface area contributed by atoms with Crippen LogP contribution in [0.3, 0.4) is 0 Å². The highest BCUT2D eigenvalue weighted by Crippen LogP contribution is 2.19. The molecule has 0 bridgehead atoms. The SMILES string of the molecule is [2H]C1C[C@@](C)(O)CC(=O)O1. The van der Waals surface area contributed by atoms with Crippen molar-refractivity contribution in [2.45, 2.75) is 25.4 Å². The highest BCUT2D eigenvalue weighted by Gasteiger charge is 2.29. The third-order valence-electron chi connectivity index (χ3n) is 1.26. The summed E-state index contributed by atoms with van der Waals surface area (Å²) < 4.78 is 11.5. The van der Waals surface area contributed by atoms with Crippen molar-refractivity contribution in [3.63, 3.8) is 0 Å². The summed E-state index contributed by atoms with van der Waals surface area (Å²) in [7, 11) is 0. The van der Waals surface area contributed by atoms with E-state index in [1.165, 1.54) is 6.92 Å². The number of rotatable bonds is 0. The Balaban J connectivity index is 2.59. The first-order chi connectivity index (χ1) is 4.49. The standard InChI is InChI=1S/C6H10O3/c1-6(8)2-3-9-5(7)4-6/h8H,2-4H2,1H3/t6-/m1/s1/i3D/t3?,6-. The number of hydrogen-bond acceptors (Lipinski definition) is 3. The fourth-order valence-corrected chi connectivity index (χ4v) is 0.739. The molecule has 1 rings (SSSR count). The average Bonchev–Trinajstić information content (AvgIpc) is 1.54. The van der Waals surface area contributed by atoms with Crippen molar-refractivity contribution in [3.05, 3.63) is 0 Å². The second-order valence-corrected chi connectivity index (χ2v) is 2.53. The molecule has 52 valence electrons. The van der Waals surface area contributed by atoms with Crippen LogP contribution in [0.1, 0.15) is 21.1 Å². The summed E-state index contributed by atoms with van der Waals surface area (Å²) in [6, 6.07) is 0. The molecule has 1 N–H and O–H groups in total. The van der Waals surface area contributed by atoms with Gasteiger partial charge in [0.1, 0.15) is 0 Å². The zero-order valence-electron chi connectivity index (χ0n) is 6.26. The fraction of sp³-hybridized carbons (Fsp3) is 0.833. The quantitative estimate of drug-likeness (QED) is 0.473. The van der Waals surface area contributed by atoms with Crippen LogP contribution in [0.5, 0.6) is 0 Å². The van der Waals surface area contributed by atoms with Crippen molar-refractivity contribution in [1.29, 1.82) is 0 Å². The van der Waals surface area contributed by atoms with Crippen LogP contribution in [-0.4, -0.2) is 23.3 Å². The first kappa shape index (κ1) is 5.23. The normalized spacial score (nSPS) is 45.8. The van der Waals surface area contributed by atoms with Gasteiger partial charge >= 0.3 is 5.97 Å². The van der Waals surface area contributed by atoms with E-state index in [1.54, 1.807) is 0 Å². The molecule has 0 aliphatic carbocycles. The number of cyclic esters (lactones) is 1. The summed E-state index contributed by atoms with van der Waals surface area (Å²) in [6.07, 6.45) is 0.209. The lowest BCUT2D eigenvalue weighted by Crippen LogP contribution is -2.35. The minimum Gasteiger partial charge on any atom is -0.465 e. The molecule has 1 unspecified atom stereocenters. The maximum atomic E-state index is 10.6. The Labute approximate surface area is 55.0 Å². The van der Waals surface area contributed by atoms with E-state index in [1.807, 2.05) is 0 Å². The molecule has 1 aliphatic heterocycles. The molecule has 3 heteroatoms. The van der Waals surface area contributed by atoms with E-state index >= 15 is 0 Å². The molecule has 1 fully saturated rings. The van der Waals surface area contributed by atoms with E-state index in [0.29, 0.717) is 0 Å². The summed E-state index contributed by atoms with van der Waals surface area (Å²) in [5, 5.41) is 9.29. The van der Waals surface area contributed by atoms with E-state index in [2.05, 4.69) is 4.74 Å². The van der Waals surface area contributed by atoms with Gasteiger partial charge in [-0.2, -0.15) is 0 Å². The summed E-state index contributed by atoms with van der Waals surface area (Å²) in [5.41, 5.74) is -1.04. The van der Waals surface area contributed by atoms with Crippen LogP contribution in [0.4, 0.5) is 0 Å². The second kappa shape index (κ2) is 1.99. The molecule has 3 nitrogen and oxygen atoms in total. The molecule has 0 saturated carbocycles. The van der Waals surface area contributed by atoms with Gasteiger partial charge in [-0.05, 0) is 6.92 Å². The van der Waals surface area contributed by atoms with Gasteiger partial charge < -0.3 is 9.84 Å². The van der Waals surface area contributed by atoms with Crippen LogP contribution in [-0.2, 0) is 9.53 Å². The van der Waals surface area contributed by atoms with E-state index in [4.69, 9.17) is 1.37 Å². The topological polar surface area (TPSA) is 46.5 Å². The van der Waals surface area contributed by atoms with Crippen molar-refractivity contribution >= 4 is 5.97 Å². The molecule has 0 aromatic carbocycles. The number of esters is 1. The Bertz CT molecular complexity index is 155. The van der Waals surface area contributed by atoms with Crippen LogP contribution in [0.25, 0.3) is 0 Å². The molecule has 1 saturated heterocycles. The summed E-state index contributed by atoms with van der Waals surface area (Å²) >= 11 is 0. The largest absolute Gasteiger partial charge is 0.465 e. The predicted molar refractivity (Wildman–Crippen MR) is 30.8 cm³/mol. The van der Waals surface area contributed by atoms with Crippen molar-refractivity contribution in [1.82, 2.24) is 0 Å². The van der Waals surface area contributed by atoms with Crippen LogP contribution in [0, 0.1) is 0 Å². The minimum atomic E-state index is -1.04. The molecular weight excluding hydrogens is 120 g/mol. The maximum Gasteiger partial charge on any atom is 0.308 e. The van der Waals surface area contributed by atoms with Crippen LogP contribution in [0.2, 0.25) is 0 Å². The lowest BCUT2D eigenvalue weighted by molar-refractivity contribution is -0.157. The molecular formula is C6H10O3. The first-order valence-electron chi connectivity index (χ1n) is 3.41. The van der Waals surface area contributed by atoms with Crippen molar-refractivity contribution in [2.24, 2.45) is 0 Å². The number of carbonyl (C=O) groups is 1. The fourth-order valence-electron chi connectivity index (χ4n) is 0.739. The molecule has 0 aromatic rings. The van der Waals surface area contributed by atoms with Crippen LogP contribution in [0.15, 0.2) is 0 Å². The van der Waals surface area contributed by atoms with Gasteiger partial charge in [0.05, 0.1) is 20.0 Å². The molecule has 0 spiro atoms. The molecule has 1 aliphatic rings. The predicted octanol–water partition coefficient (Wildman–Crippen LogP) is 0.0744. The van der Waals surface area contributed by atoms with Gasteiger partial charge in [-0.25, -0.2) is 0 Å². The minimum absolute atomic E-state index is 0.00236. The molecule has 0 amide bonds. The number of hydrogen-bond donors (Lipinski definition) is 1. The number of carbonyl (C=O) groups excluding carboxylic acids is 1. The zero-order valence-corrected chi connectivity index (χ0v) is 5.26. The molecule has 0 aromatic heterocycles. The van der Waals surface area contributed by atoms with Crippen LogP contribution < -0.4 is 0 Å². The summed E-state index contributed by atoms with van der Waals surface area (Å²) in [4.78, 5) is 10.6. The van der Waals surface area contributed by atoms with Crippen molar-refractivity contribution in [2.75, 3.05) is 6.58 Å². The highest BCUT2D eigenvalue weighted by atomic mass is 16.5. The van der Waals surface area contributed by atoms with Crippen LogP contribution >= 0.6 is 0 Å². The Morgan fingerprint density at radius 3 is 3.11 bits per heavy atom. The van der Waals surface area contributed by atoms with Gasteiger partial charge in [-0.1, -0.05) is 0 Å². The highest BCUT2D eigenvalue weighted by molar-refractivity contribution is 5.71. The summed E-state index contributed by atoms with van der Waals surface area (Å²) in [5.74, 6) is -0.490. The van der Waals surface area contributed by atoms with E-state index in [0.717, 1.165) is 0 Å². The van der Waals surface area contributed by atoms with Gasteiger partial charge in [0.15, 0.2) is 0 Å². The third kappa shape index (κ3) is 1.68. The molecule has 2 atom stereocenters. The Kier molecular flexibility index (Phi) is 1.16. The smallest absolute Gasteiger partial charge is 0.308 e. The zero-order chi connectivity index (χ0) is 7.78. The number of ether oxygens (including phenoxy) is 1. The molecule has 9 heavy (non-hydrogen) atoms.